The van der Waals surface area contributed by atoms with Gasteiger partial charge in [0, 0.05) is 13.1 Å². The molecule has 1 saturated heterocycles. The topological polar surface area (TPSA) is 55.6 Å². The molecule has 0 spiro atoms. The van der Waals surface area contributed by atoms with Crippen LogP contribution in [0.2, 0.25) is 0 Å². The molecule has 2 aromatic heterocycles. The third kappa shape index (κ3) is 2.55. The number of benzene rings is 1. The average Bonchev–Trinajstić information content (AvgIpc) is 2.96. The number of aromatic nitrogens is 4. The van der Waals surface area contributed by atoms with Crippen LogP contribution in [0.5, 0.6) is 0 Å². The fraction of sp³-hybridized carbons (Fsp3) is 0.353. The van der Waals surface area contributed by atoms with E-state index in [0.29, 0.717) is 6.61 Å². The second-order valence-corrected chi connectivity index (χ2v) is 5.87. The van der Waals surface area contributed by atoms with Crippen LogP contribution in [0, 0.1) is 13.8 Å². The molecule has 0 radical (unpaired) electrons. The molecule has 1 atom stereocenters. The minimum atomic E-state index is 0.0736. The Labute approximate surface area is 134 Å². The predicted octanol–water partition coefficient (Wildman–Crippen LogP) is 2.32. The number of fused-ring (bicyclic) bond motifs is 1. The van der Waals surface area contributed by atoms with Gasteiger partial charge in [-0.05, 0) is 37.1 Å². The predicted molar refractivity (Wildman–Crippen MR) is 87.6 cm³/mol. The highest BCUT2D eigenvalue weighted by atomic mass is 16.5. The number of aryl methyl sites for hydroxylation is 2. The molecule has 0 saturated carbocycles. The molecule has 3 heterocycles. The van der Waals surface area contributed by atoms with Crippen LogP contribution in [0.25, 0.3) is 5.65 Å². The van der Waals surface area contributed by atoms with Crippen LogP contribution in [-0.4, -0.2) is 39.5 Å². The van der Waals surface area contributed by atoms with E-state index >= 15 is 0 Å². The van der Waals surface area contributed by atoms with E-state index in [0.717, 1.165) is 30.4 Å². The minimum Gasteiger partial charge on any atom is -0.370 e. The van der Waals surface area contributed by atoms with Gasteiger partial charge in [-0.3, -0.25) is 0 Å². The van der Waals surface area contributed by atoms with Crippen molar-refractivity contribution in [3.63, 3.8) is 0 Å². The Bertz CT molecular complexity index is 844. The molecule has 3 aromatic rings. The fourth-order valence-corrected chi connectivity index (χ4v) is 3.05. The van der Waals surface area contributed by atoms with Gasteiger partial charge in [-0.25, -0.2) is 0 Å². The fourth-order valence-electron chi connectivity index (χ4n) is 3.05. The molecule has 0 bridgehead atoms. The minimum absolute atomic E-state index is 0.0736. The first-order valence-electron chi connectivity index (χ1n) is 7.83. The number of anilines is 1. The van der Waals surface area contributed by atoms with Crippen LogP contribution in [0.3, 0.4) is 0 Å². The quantitative estimate of drug-likeness (QED) is 0.727. The Balaban J connectivity index is 1.63. The van der Waals surface area contributed by atoms with E-state index in [4.69, 9.17) is 4.74 Å². The maximum atomic E-state index is 5.99. The summed E-state index contributed by atoms with van der Waals surface area (Å²) in [6.07, 6.45) is 0.0736. The summed E-state index contributed by atoms with van der Waals surface area (Å²) in [4.78, 5) is 2.26. The van der Waals surface area contributed by atoms with Crippen molar-refractivity contribution in [2.75, 3.05) is 24.6 Å². The summed E-state index contributed by atoms with van der Waals surface area (Å²) >= 11 is 0. The van der Waals surface area contributed by atoms with E-state index in [-0.39, 0.29) is 6.10 Å². The molecule has 0 amide bonds. The van der Waals surface area contributed by atoms with Crippen LogP contribution >= 0.6 is 0 Å². The van der Waals surface area contributed by atoms with Crippen molar-refractivity contribution in [1.29, 1.82) is 0 Å². The highest BCUT2D eigenvalue weighted by Crippen LogP contribution is 2.27. The Morgan fingerprint density at radius 3 is 2.83 bits per heavy atom. The molecule has 1 fully saturated rings. The number of hydrogen-bond donors (Lipinski definition) is 0. The van der Waals surface area contributed by atoms with Crippen LogP contribution in [0.1, 0.15) is 23.1 Å². The molecule has 6 heteroatoms. The third-order valence-electron chi connectivity index (χ3n) is 4.33. The molecule has 1 aliphatic rings. The number of morpholine rings is 1. The van der Waals surface area contributed by atoms with Gasteiger partial charge in [0.05, 0.1) is 6.61 Å². The summed E-state index contributed by atoms with van der Waals surface area (Å²) in [5.74, 6) is 1.73. The van der Waals surface area contributed by atoms with E-state index in [1.165, 1.54) is 11.1 Å². The van der Waals surface area contributed by atoms with Crippen LogP contribution in [-0.2, 0) is 4.74 Å². The third-order valence-corrected chi connectivity index (χ3v) is 4.33. The van der Waals surface area contributed by atoms with E-state index in [9.17, 15) is 0 Å². The van der Waals surface area contributed by atoms with Gasteiger partial charge in [-0.1, -0.05) is 24.3 Å². The molecule has 1 unspecified atom stereocenters. The van der Waals surface area contributed by atoms with Crippen molar-refractivity contribution in [3.8, 4) is 0 Å². The molecular formula is C17H19N5O. The molecule has 6 nitrogen and oxygen atoms in total. The zero-order valence-electron chi connectivity index (χ0n) is 13.3. The van der Waals surface area contributed by atoms with Crippen molar-refractivity contribution in [1.82, 2.24) is 19.8 Å². The van der Waals surface area contributed by atoms with Crippen molar-refractivity contribution in [2.24, 2.45) is 0 Å². The van der Waals surface area contributed by atoms with E-state index in [1.807, 2.05) is 19.1 Å². The largest absolute Gasteiger partial charge is 0.370 e. The van der Waals surface area contributed by atoms with E-state index in [1.54, 1.807) is 4.52 Å². The standard InChI is InChI=1S/C17H19N5O/c1-12-5-3-4-6-14(12)15-11-21(9-10-23-15)17-8-7-16-19-18-13(2)22(16)20-17/h3-8,15H,9-11H2,1-2H3. The SMILES string of the molecule is Cc1ccccc1C1CN(c2ccc3nnc(C)n3n2)CCO1. The summed E-state index contributed by atoms with van der Waals surface area (Å²) in [7, 11) is 0. The van der Waals surface area contributed by atoms with Gasteiger partial charge >= 0.3 is 0 Å². The lowest BCUT2D eigenvalue weighted by Gasteiger charge is -2.34. The second-order valence-electron chi connectivity index (χ2n) is 5.87. The van der Waals surface area contributed by atoms with Crippen LogP contribution in [0.4, 0.5) is 5.82 Å². The number of nitrogens with zero attached hydrogens (tertiary/aromatic N) is 5. The zero-order chi connectivity index (χ0) is 15.8. The molecular weight excluding hydrogens is 290 g/mol. The maximum Gasteiger partial charge on any atom is 0.178 e. The summed E-state index contributed by atoms with van der Waals surface area (Å²) < 4.78 is 7.78. The highest BCUT2D eigenvalue weighted by molar-refractivity contribution is 5.46. The lowest BCUT2D eigenvalue weighted by molar-refractivity contribution is 0.0390. The number of ether oxygens (including phenoxy) is 1. The molecule has 1 aliphatic heterocycles. The molecule has 1 aromatic carbocycles. The van der Waals surface area contributed by atoms with Gasteiger partial charge < -0.3 is 9.64 Å². The molecule has 0 N–H and O–H groups in total. The van der Waals surface area contributed by atoms with Gasteiger partial charge in [0.2, 0.25) is 0 Å². The summed E-state index contributed by atoms with van der Waals surface area (Å²) in [5, 5.41) is 12.8. The lowest BCUT2D eigenvalue weighted by Crippen LogP contribution is -2.39. The monoisotopic (exact) mass is 309 g/mol. The lowest BCUT2D eigenvalue weighted by atomic mass is 10.0. The second kappa shape index (κ2) is 5.62. The zero-order valence-corrected chi connectivity index (χ0v) is 13.3. The van der Waals surface area contributed by atoms with E-state index in [2.05, 4.69) is 51.4 Å². The van der Waals surface area contributed by atoms with Gasteiger partial charge in [0.15, 0.2) is 11.5 Å². The van der Waals surface area contributed by atoms with Crippen molar-refractivity contribution in [3.05, 3.63) is 53.3 Å². The van der Waals surface area contributed by atoms with Gasteiger partial charge in [0.25, 0.3) is 0 Å². The maximum absolute atomic E-state index is 5.99. The van der Waals surface area contributed by atoms with Crippen LogP contribution < -0.4 is 4.90 Å². The Morgan fingerprint density at radius 1 is 1.09 bits per heavy atom. The Morgan fingerprint density at radius 2 is 1.96 bits per heavy atom. The Hall–Kier alpha value is -2.47. The molecule has 4 rings (SSSR count). The normalized spacial score (nSPS) is 18.5. The number of hydrogen-bond acceptors (Lipinski definition) is 5. The Kier molecular flexibility index (Phi) is 3.46. The van der Waals surface area contributed by atoms with E-state index < -0.39 is 0 Å². The van der Waals surface area contributed by atoms with Gasteiger partial charge in [-0.15, -0.1) is 15.3 Å². The van der Waals surface area contributed by atoms with Gasteiger partial charge in [0.1, 0.15) is 11.9 Å². The first kappa shape index (κ1) is 14.1. The summed E-state index contributed by atoms with van der Waals surface area (Å²) in [5.41, 5.74) is 3.28. The highest BCUT2D eigenvalue weighted by Gasteiger charge is 2.24. The van der Waals surface area contributed by atoms with Crippen molar-refractivity contribution in [2.45, 2.75) is 20.0 Å². The van der Waals surface area contributed by atoms with Crippen molar-refractivity contribution >= 4 is 11.5 Å². The molecule has 23 heavy (non-hydrogen) atoms. The first-order chi connectivity index (χ1) is 11.2. The first-order valence-corrected chi connectivity index (χ1v) is 7.83. The summed E-state index contributed by atoms with van der Waals surface area (Å²) in [6.45, 7) is 6.36. The average molecular weight is 309 g/mol. The molecule has 0 aliphatic carbocycles. The van der Waals surface area contributed by atoms with Crippen molar-refractivity contribution < 1.29 is 4.74 Å². The summed E-state index contributed by atoms with van der Waals surface area (Å²) in [6, 6.07) is 12.4. The van der Waals surface area contributed by atoms with Gasteiger partial charge in [-0.2, -0.15) is 4.52 Å². The molecule has 118 valence electrons. The smallest absolute Gasteiger partial charge is 0.178 e. The van der Waals surface area contributed by atoms with Crippen LogP contribution in [0.15, 0.2) is 36.4 Å². The number of rotatable bonds is 2.